The van der Waals surface area contributed by atoms with Crippen LogP contribution in [-0.4, -0.2) is 62.8 Å². The first-order valence-corrected chi connectivity index (χ1v) is 8.88. The molecule has 0 bridgehead atoms. The van der Waals surface area contributed by atoms with Crippen LogP contribution < -0.4 is 5.32 Å². The zero-order valence-corrected chi connectivity index (χ0v) is 13.1. The summed E-state index contributed by atoms with van der Waals surface area (Å²) in [5.41, 5.74) is 0. The first kappa shape index (κ1) is 14.8. The molecule has 0 aromatic carbocycles. The van der Waals surface area contributed by atoms with Gasteiger partial charge in [-0.05, 0) is 18.8 Å². The summed E-state index contributed by atoms with van der Waals surface area (Å²) in [7, 11) is 0. The molecule has 0 spiro atoms. The fourth-order valence-electron chi connectivity index (χ4n) is 3.12. The van der Waals surface area contributed by atoms with Gasteiger partial charge in [-0.3, -0.25) is 9.48 Å². The van der Waals surface area contributed by atoms with Gasteiger partial charge >= 0.3 is 0 Å². The lowest BCUT2D eigenvalue weighted by Gasteiger charge is -2.34. The van der Waals surface area contributed by atoms with Gasteiger partial charge in [0.2, 0.25) is 5.91 Å². The third-order valence-electron chi connectivity index (χ3n) is 4.20. The van der Waals surface area contributed by atoms with E-state index in [-0.39, 0.29) is 0 Å². The zero-order chi connectivity index (χ0) is 14.5. The van der Waals surface area contributed by atoms with Crippen LogP contribution in [0.1, 0.15) is 19.3 Å². The highest BCUT2D eigenvalue weighted by Gasteiger charge is 2.26. The Morgan fingerprint density at radius 3 is 3.19 bits per heavy atom. The van der Waals surface area contributed by atoms with Gasteiger partial charge in [0.15, 0.2) is 0 Å². The fourth-order valence-corrected chi connectivity index (χ4v) is 4.07. The number of piperidine rings is 1. The molecule has 2 aliphatic heterocycles. The van der Waals surface area contributed by atoms with E-state index >= 15 is 0 Å². The highest BCUT2D eigenvalue weighted by molar-refractivity contribution is 7.99. The first-order valence-electron chi connectivity index (χ1n) is 7.72. The minimum Gasteiger partial charge on any atom is -0.342 e. The highest BCUT2D eigenvalue weighted by atomic mass is 32.2. The second-order valence-electron chi connectivity index (χ2n) is 5.90. The van der Waals surface area contributed by atoms with E-state index in [9.17, 15) is 4.79 Å². The van der Waals surface area contributed by atoms with Gasteiger partial charge in [-0.1, -0.05) is 0 Å². The maximum Gasteiger partial charge on any atom is 0.224 e. The number of likely N-dealkylation sites (tertiary alicyclic amines) is 1. The molecule has 3 rings (SSSR count). The Morgan fingerprint density at radius 1 is 1.48 bits per heavy atom. The number of hydrogen-bond acceptors (Lipinski definition) is 5. The van der Waals surface area contributed by atoms with Crippen molar-refractivity contribution < 1.29 is 4.79 Å². The molecule has 6 nitrogen and oxygen atoms in total. The molecule has 0 radical (unpaired) electrons. The van der Waals surface area contributed by atoms with Crippen molar-refractivity contribution in [3.05, 3.63) is 12.7 Å². The van der Waals surface area contributed by atoms with Crippen molar-refractivity contribution in [1.82, 2.24) is 25.0 Å². The van der Waals surface area contributed by atoms with E-state index in [0.717, 1.165) is 44.1 Å². The van der Waals surface area contributed by atoms with E-state index in [2.05, 4.69) is 15.4 Å². The van der Waals surface area contributed by atoms with Gasteiger partial charge in [0, 0.05) is 50.1 Å². The van der Waals surface area contributed by atoms with E-state index < -0.39 is 0 Å². The Kier molecular flexibility index (Phi) is 5.13. The summed E-state index contributed by atoms with van der Waals surface area (Å²) in [4.78, 5) is 18.5. The van der Waals surface area contributed by atoms with Crippen molar-refractivity contribution in [2.45, 2.75) is 31.8 Å². The van der Waals surface area contributed by atoms with E-state index in [4.69, 9.17) is 0 Å². The number of carbonyl (C=O) groups excluding carboxylic acids is 1. The van der Waals surface area contributed by atoms with Crippen LogP contribution in [0, 0.1) is 5.92 Å². The Labute approximate surface area is 129 Å². The number of thioether (sulfide) groups is 1. The van der Waals surface area contributed by atoms with E-state index in [0.29, 0.717) is 24.3 Å². The Bertz CT molecular complexity index is 446. The van der Waals surface area contributed by atoms with Crippen LogP contribution in [0.3, 0.4) is 0 Å². The molecule has 2 unspecified atom stereocenters. The predicted octanol–water partition coefficient (Wildman–Crippen LogP) is 0.612. The molecule has 7 heteroatoms. The van der Waals surface area contributed by atoms with Crippen molar-refractivity contribution in [2.24, 2.45) is 5.92 Å². The van der Waals surface area contributed by atoms with Crippen LogP contribution in [0.25, 0.3) is 0 Å². The molecule has 2 saturated heterocycles. The van der Waals surface area contributed by atoms with Crippen LogP contribution in [0.2, 0.25) is 0 Å². The topological polar surface area (TPSA) is 63.1 Å². The minimum atomic E-state index is 0.304. The van der Waals surface area contributed by atoms with Gasteiger partial charge in [0.25, 0.3) is 0 Å². The summed E-state index contributed by atoms with van der Waals surface area (Å²) in [5, 5.41) is 7.61. The third-order valence-corrected chi connectivity index (χ3v) is 5.33. The molecule has 1 aromatic rings. The third kappa shape index (κ3) is 4.20. The van der Waals surface area contributed by atoms with Crippen molar-refractivity contribution in [2.75, 3.05) is 31.1 Å². The summed E-state index contributed by atoms with van der Waals surface area (Å²) in [5.74, 6) is 3.02. The summed E-state index contributed by atoms with van der Waals surface area (Å²) in [6.07, 6.45) is 6.23. The summed E-state index contributed by atoms with van der Waals surface area (Å²) < 4.78 is 1.87. The second kappa shape index (κ2) is 7.26. The van der Waals surface area contributed by atoms with Crippen molar-refractivity contribution >= 4 is 17.7 Å². The van der Waals surface area contributed by atoms with Crippen LogP contribution in [0.5, 0.6) is 0 Å². The number of amides is 1. The Morgan fingerprint density at radius 2 is 2.43 bits per heavy atom. The molecular formula is C14H23N5OS. The molecule has 2 atom stereocenters. The summed E-state index contributed by atoms with van der Waals surface area (Å²) >= 11 is 1.94. The van der Waals surface area contributed by atoms with Gasteiger partial charge in [0.1, 0.15) is 12.7 Å². The zero-order valence-electron chi connectivity index (χ0n) is 12.3. The SMILES string of the molecule is O=C(CC1CSCCN1)N1CCCC(Cn2cncn2)C1. The monoisotopic (exact) mass is 309 g/mol. The summed E-state index contributed by atoms with van der Waals surface area (Å²) in [6.45, 7) is 3.66. The maximum absolute atomic E-state index is 12.5. The smallest absolute Gasteiger partial charge is 0.224 e. The van der Waals surface area contributed by atoms with Crippen LogP contribution in [0.15, 0.2) is 12.7 Å². The Balaban J connectivity index is 1.49. The maximum atomic E-state index is 12.5. The van der Waals surface area contributed by atoms with Crippen LogP contribution in [-0.2, 0) is 11.3 Å². The molecule has 1 aromatic heterocycles. The molecule has 21 heavy (non-hydrogen) atoms. The first-order chi connectivity index (χ1) is 10.3. The molecule has 1 N–H and O–H groups in total. The number of hydrogen-bond donors (Lipinski definition) is 1. The minimum absolute atomic E-state index is 0.304. The van der Waals surface area contributed by atoms with E-state index in [1.807, 2.05) is 21.3 Å². The molecule has 0 saturated carbocycles. The molecule has 116 valence electrons. The standard InChI is InChI=1S/C14H23N5OS/c20-14(6-13-9-21-5-3-16-13)18-4-1-2-12(7-18)8-19-11-15-10-17-19/h10-13,16H,1-9H2. The van der Waals surface area contributed by atoms with E-state index in [1.165, 1.54) is 6.42 Å². The molecular weight excluding hydrogens is 286 g/mol. The fraction of sp³-hybridized carbons (Fsp3) is 0.786. The molecule has 2 fully saturated rings. The Hall–Kier alpha value is -1.08. The van der Waals surface area contributed by atoms with Gasteiger partial charge in [0.05, 0.1) is 0 Å². The molecule has 2 aliphatic rings. The average molecular weight is 309 g/mol. The number of aromatic nitrogens is 3. The van der Waals surface area contributed by atoms with Crippen LogP contribution >= 0.6 is 11.8 Å². The van der Waals surface area contributed by atoms with Crippen molar-refractivity contribution in [3.8, 4) is 0 Å². The summed E-state index contributed by atoms with van der Waals surface area (Å²) in [6, 6.07) is 0.354. The predicted molar refractivity (Wildman–Crippen MR) is 83.1 cm³/mol. The number of nitrogens with one attached hydrogen (secondary N) is 1. The van der Waals surface area contributed by atoms with Gasteiger partial charge in [-0.2, -0.15) is 16.9 Å². The second-order valence-corrected chi connectivity index (χ2v) is 7.05. The molecule has 0 aliphatic carbocycles. The van der Waals surface area contributed by atoms with Crippen molar-refractivity contribution in [1.29, 1.82) is 0 Å². The normalized spacial score (nSPS) is 26.8. The average Bonchev–Trinajstić information content (AvgIpc) is 3.01. The van der Waals surface area contributed by atoms with Gasteiger partial charge in [-0.25, -0.2) is 4.98 Å². The molecule has 1 amide bonds. The van der Waals surface area contributed by atoms with Gasteiger partial charge in [-0.15, -0.1) is 0 Å². The lowest BCUT2D eigenvalue weighted by atomic mass is 9.97. The molecule has 3 heterocycles. The number of carbonyl (C=O) groups is 1. The largest absolute Gasteiger partial charge is 0.342 e. The van der Waals surface area contributed by atoms with Crippen molar-refractivity contribution in [3.63, 3.8) is 0 Å². The van der Waals surface area contributed by atoms with Gasteiger partial charge < -0.3 is 10.2 Å². The van der Waals surface area contributed by atoms with E-state index in [1.54, 1.807) is 12.7 Å². The highest BCUT2D eigenvalue weighted by Crippen LogP contribution is 2.20. The number of rotatable bonds is 4. The lowest BCUT2D eigenvalue weighted by Crippen LogP contribution is -2.46. The quantitative estimate of drug-likeness (QED) is 0.883. The lowest BCUT2D eigenvalue weighted by molar-refractivity contribution is -0.133. The number of nitrogens with zero attached hydrogens (tertiary/aromatic N) is 4. The van der Waals surface area contributed by atoms with Crippen LogP contribution in [0.4, 0.5) is 0 Å².